The molecule has 6 N–H and O–H groups in total. The van der Waals surface area contributed by atoms with E-state index >= 15 is 0 Å². The van der Waals surface area contributed by atoms with Gasteiger partial charge in [-0.05, 0) is 18.2 Å². The largest absolute Gasteiger partial charge is 0.399 e. The molecule has 0 saturated carbocycles. The lowest BCUT2D eigenvalue weighted by Crippen LogP contribution is -2.04. The minimum atomic E-state index is 0.265. The predicted octanol–water partition coefficient (Wildman–Crippen LogP) is 1.38. The molecule has 2 rings (SSSR count). The van der Waals surface area contributed by atoms with Gasteiger partial charge in [0.25, 0.3) is 0 Å². The summed E-state index contributed by atoms with van der Waals surface area (Å²) in [4.78, 5) is 7.86. The maximum atomic E-state index is 7.28. The first-order valence-corrected chi connectivity index (χ1v) is 4.94. The molecule has 0 bridgehead atoms. The van der Waals surface area contributed by atoms with E-state index in [4.69, 9.17) is 16.9 Å². The smallest absolute Gasteiger partial charge is 0.144 e. The van der Waals surface area contributed by atoms with Crippen LogP contribution in [0.4, 0.5) is 23.0 Å². The first-order valence-electron chi connectivity index (χ1n) is 4.94. The van der Waals surface area contributed by atoms with Gasteiger partial charge in [-0.1, -0.05) is 6.07 Å². The van der Waals surface area contributed by atoms with Crippen LogP contribution in [0.2, 0.25) is 0 Å². The number of anilines is 4. The van der Waals surface area contributed by atoms with E-state index in [1.54, 1.807) is 12.1 Å². The summed E-state index contributed by atoms with van der Waals surface area (Å²) in [6.07, 6.45) is 2.46. The summed E-state index contributed by atoms with van der Waals surface area (Å²) in [5.74, 6) is 0.750. The van der Waals surface area contributed by atoms with Gasteiger partial charge < -0.3 is 22.2 Å². The van der Waals surface area contributed by atoms with Gasteiger partial charge in [-0.2, -0.15) is 0 Å². The summed E-state index contributed by atoms with van der Waals surface area (Å²) in [7, 11) is 0. The van der Waals surface area contributed by atoms with Gasteiger partial charge in [-0.25, -0.2) is 9.97 Å². The minimum absolute atomic E-state index is 0.265. The molecular formula is C11H12N6. The van der Waals surface area contributed by atoms with E-state index in [0.29, 0.717) is 17.1 Å². The first-order chi connectivity index (χ1) is 8.20. The molecule has 0 fully saturated rings. The fourth-order valence-electron chi connectivity index (χ4n) is 1.40. The molecule has 2 aromatic rings. The van der Waals surface area contributed by atoms with Crippen LogP contribution in [0, 0.1) is 5.41 Å². The van der Waals surface area contributed by atoms with Crippen molar-refractivity contribution in [3.05, 3.63) is 36.2 Å². The van der Waals surface area contributed by atoms with Crippen molar-refractivity contribution in [2.45, 2.75) is 0 Å². The Morgan fingerprint density at radius 3 is 2.76 bits per heavy atom. The molecule has 0 radical (unpaired) electrons. The fraction of sp³-hybridized carbons (Fsp3) is 0. The molecule has 0 saturated heterocycles. The lowest BCUT2D eigenvalue weighted by Gasteiger charge is -2.09. The molecule has 1 aromatic carbocycles. The molecule has 0 amide bonds. The molecule has 0 aliphatic rings. The van der Waals surface area contributed by atoms with E-state index in [2.05, 4.69) is 15.3 Å². The standard InChI is InChI=1S/C11H12N6/c12-5-9-10(14)15-6-16-11(9)17-8-3-1-2-7(13)4-8/h1-6,12H,13H2,(H3,14,15,16,17). The lowest BCUT2D eigenvalue weighted by molar-refractivity contribution is 1.17. The van der Waals surface area contributed by atoms with Gasteiger partial charge >= 0.3 is 0 Å². The summed E-state index contributed by atoms with van der Waals surface area (Å²) >= 11 is 0. The zero-order valence-electron chi connectivity index (χ0n) is 9.01. The Labute approximate surface area is 98.2 Å². The molecule has 0 unspecified atom stereocenters. The highest BCUT2D eigenvalue weighted by Gasteiger charge is 2.06. The number of nitrogens with two attached hydrogens (primary N) is 2. The quantitative estimate of drug-likeness (QED) is 0.468. The van der Waals surface area contributed by atoms with Crippen molar-refractivity contribution in [2.24, 2.45) is 0 Å². The second-order valence-corrected chi connectivity index (χ2v) is 3.42. The third-order valence-corrected chi connectivity index (χ3v) is 2.21. The molecule has 86 valence electrons. The Morgan fingerprint density at radius 2 is 2.06 bits per heavy atom. The number of benzene rings is 1. The van der Waals surface area contributed by atoms with Crippen LogP contribution >= 0.6 is 0 Å². The predicted molar refractivity (Wildman–Crippen MR) is 68.5 cm³/mol. The number of hydrogen-bond acceptors (Lipinski definition) is 6. The van der Waals surface area contributed by atoms with E-state index in [1.165, 1.54) is 6.33 Å². The van der Waals surface area contributed by atoms with Crippen molar-refractivity contribution >= 4 is 29.2 Å². The number of rotatable bonds is 3. The van der Waals surface area contributed by atoms with Crippen molar-refractivity contribution in [1.82, 2.24) is 9.97 Å². The second-order valence-electron chi connectivity index (χ2n) is 3.42. The molecule has 0 spiro atoms. The Balaban J connectivity index is 2.36. The number of aromatic nitrogens is 2. The molecule has 0 aliphatic heterocycles. The van der Waals surface area contributed by atoms with Crippen LogP contribution < -0.4 is 16.8 Å². The maximum Gasteiger partial charge on any atom is 0.144 e. The van der Waals surface area contributed by atoms with Gasteiger partial charge in [0.2, 0.25) is 0 Å². The van der Waals surface area contributed by atoms with E-state index in [1.807, 2.05) is 12.1 Å². The van der Waals surface area contributed by atoms with Gasteiger partial charge in [0.05, 0.1) is 5.56 Å². The van der Waals surface area contributed by atoms with Crippen molar-refractivity contribution < 1.29 is 0 Å². The van der Waals surface area contributed by atoms with Crippen LogP contribution in [0.5, 0.6) is 0 Å². The van der Waals surface area contributed by atoms with Crippen molar-refractivity contribution in [1.29, 1.82) is 5.41 Å². The molecule has 6 nitrogen and oxygen atoms in total. The highest BCUT2D eigenvalue weighted by Crippen LogP contribution is 2.21. The molecular weight excluding hydrogens is 216 g/mol. The van der Waals surface area contributed by atoms with Gasteiger partial charge in [-0.15, -0.1) is 0 Å². The third-order valence-electron chi connectivity index (χ3n) is 2.21. The van der Waals surface area contributed by atoms with Gasteiger partial charge in [0.1, 0.15) is 18.0 Å². The molecule has 1 aromatic heterocycles. The number of hydrogen-bond donors (Lipinski definition) is 4. The molecule has 6 heteroatoms. The number of nitrogen functional groups attached to an aromatic ring is 2. The van der Waals surface area contributed by atoms with Crippen molar-refractivity contribution in [3.63, 3.8) is 0 Å². The Hall–Kier alpha value is -2.63. The fourth-order valence-corrected chi connectivity index (χ4v) is 1.40. The second kappa shape index (κ2) is 4.48. The SMILES string of the molecule is N=Cc1c(N)ncnc1Nc1cccc(N)c1. The van der Waals surface area contributed by atoms with Crippen LogP contribution in [0.3, 0.4) is 0 Å². The summed E-state index contributed by atoms with van der Waals surface area (Å²) in [6.45, 7) is 0. The molecule has 1 heterocycles. The van der Waals surface area contributed by atoms with Gasteiger partial charge in [-0.3, -0.25) is 0 Å². The van der Waals surface area contributed by atoms with Crippen LogP contribution in [0.25, 0.3) is 0 Å². The van der Waals surface area contributed by atoms with Crippen LogP contribution in [-0.2, 0) is 0 Å². The first kappa shape index (κ1) is 10.9. The zero-order valence-corrected chi connectivity index (χ0v) is 9.01. The lowest BCUT2D eigenvalue weighted by atomic mass is 10.2. The van der Waals surface area contributed by atoms with E-state index in [9.17, 15) is 0 Å². The zero-order chi connectivity index (χ0) is 12.3. The monoisotopic (exact) mass is 228 g/mol. The minimum Gasteiger partial charge on any atom is -0.399 e. The van der Waals surface area contributed by atoms with E-state index < -0.39 is 0 Å². The summed E-state index contributed by atoms with van der Waals surface area (Å²) in [5.41, 5.74) is 13.2. The van der Waals surface area contributed by atoms with E-state index in [0.717, 1.165) is 11.9 Å². The van der Waals surface area contributed by atoms with Crippen LogP contribution in [-0.4, -0.2) is 16.2 Å². The maximum absolute atomic E-state index is 7.28. The van der Waals surface area contributed by atoms with Crippen molar-refractivity contribution in [3.8, 4) is 0 Å². The summed E-state index contributed by atoms with van der Waals surface area (Å²) in [6, 6.07) is 7.23. The molecule has 0 aliphatic carbocycles. The third kappa shape index (κ3) is 2.31. The summed E-state index contributed by atoms with van der Waals surface area (Å²) in [5, 5.41) is 10.3. The number of nitrogens with one attached hydrogen (secondary N) is 2. The molecule has 0 atom stereocenters. The Morgan fingerprint density at radius 1 is 1.24 bits per heavy atom. The average molecular weight is 228 g/mol. The van der Waals surface area contributed by atoms with E-state index in [-0.39, 0.29) is 5.82 Å². The number of nitrogens with zero attached hydrogens (tertiary/aromatic N) is 2. The Bertz CT molecular complexity index is 551. The van der Waals surface area contributed by atoms with Crippen LogP contribution in [0.1, 0.15) is 5.56 Å². The van der Waals surface area contributed by atoms with Crippen molar-refractivity contribution in [2.75, 3.05) is 16.8 Å². The Kier molecular flexibility index (Phi) is 2.87. The highest BCUT2D eigenvalue weighted by atomic mass is 15.0. The molecule has 17 heavy (non-hydrogen) atoms. The van der Waals surface area contributed by atoms with Gasteiger partial charge in [0, 0.05) is 17.6 Å². The topological polar surface area (TPSA) is 114 Å². The van der Waals surface area contributed by atoms with Gasteiger partial charge in [0.15, 0.2) is 0 Å². The highest BCUT2D eigenvalue weighted by molar-refractivity contribution is 5.91. The normalized spacial score (nSPS) is 9.88. The average Bonchev–Trinajstić information content (AvgIpc) is 2.29. The van der Waals surface area contributed by atoms with Crippen LogP contribution in [0.15, 0.2) is 30.6 Å². The summed E-state index contributed by atoms with van der Waals surface area (Å²) < 4.78 is 0.